The third-order valence-corrected chi connectivity index (χ3v) is 4.84. The van der Waals surface area contributed by atoms with E-state index < -0.39 is 0 Å². The lowest BCUT2D eigenvalue weighted by Gasteiger charge is -2.30. The Balaban J connectivity index is 1.54. The zero-order valence-electron chi connectivity index (χ0n) is 15.7. The Bertz CT molecular complexity index is 925. The molecule has 0 radical (unpaired) electrons. The lowest BCUT2D eigenvalue weighted by Crippen LogP contribution is -2.40. The summed E-state index contributed by atoms with van der Waals surface area (Å²) in [6.07, 6.45) is 3.96. The molecule has 0 spiro atoms. The number of rotatable bonds is 6. The Kier molecular flexibility index (Phi) is 5.28. The van der Waals surface area contributed by atoms with E-state index in [0.29, 0.717) is 31.9 Å². The molecule has 0 N–H and O–H groups in total. The molecule has 4 rings (SSSR count). The van der Waals surface area contributed by atoms with E-state index in [1.807, 2.05) is 48.5 Å². The highest BCUT2D eigenvalue weighted by molar-refractivity contribution is 5.80. The van der Waals surface area contributed by atoms with Crippen LogP contribution < -0.4 is 9.47 Å². The monoisotopic (exact) mass is 378 g/mol. The number of hydrogen-bond donors (Lipinski definition) is 0. The standard InChI is InChI=1S/C22H22N2O4/c1-26-20-9-4-6-16-12-17(15-28-21(16)20)22(25)24(14-19-8-5-11-27-19)13-18-7-2-3-10-23-18/h2-11,17H,12-15H2,1H3. The van der Waals surface area contributed by atoms with Crippen LogP contribution in [-0.4, -0.2) is 29.5 Å². The molecule has 2 aromatic heterocycles. The van der Waals surface area contributed by atoms with Crippen LogP contribution in [0.3, 0.4) is 0 Å². The molecule has 28 heavy (non-hydrogen) atoms. The minimum Gasteiger partial charge on any atom is -0.493 e. The number of benzene rings is 1. The van der Waals surface area contributed by atoms with Crippen molar-refractivity contribution in [2.75, 3.05) is 13.7 Å². The smallest absolute Gasteiger partial charge is 0.230 e. The number of ether oxygens (including phenoxy) is 2. The van der Waals surface area contributed by atoms with E-state index in [2.05, 4.69) is 4.98 Å². The quantitative estimate of drug-likeness (QED) is 0.657. The van der Waals surface area contributed by atoms with Crippen molar-refractivity contribution in [2.45, 2.75) is 19.5 Å². The molecule has 1 atom stereocenters. The number of fused-ring (bicyclic) bond motifs is 1. The summed E-state index contributed by atoms with van der Waals surface area (Å²) in [5.74, 6) is 1.93. The van der Waals surface area contributed by atoms with Crippen molar-refractivity contribution in [3.8, 4) is 11.5 Å². The number of carbonyl (C=O) groups excluding carboxylic acids is 1. The predicted molar refractivity (Wildman–Crippen MR) is 103 cm³/mol. The van der Waals surface area contributed by atoms with Gasteiger partial charge < -0.3 is 18.8 Å². The molecule has 6 heteroatoms. The number of aromatic nitrogens is 1. The fourth-order valence-corrected chi connectivity index (χ4v) is 3.46. The van der Waals surface area contributed by atoms with Gasteiger partial charge in [-0.2, -0.15) is 0 Å². The van der Waals surface area contributed by atoms with E-state index in [0.717, 1.165) is 22.8 Å². The second-order valence-electron chi connectivity index (χ2n) is 6.76. The molecule has 1 amide bonds. The molecular weight excluding hydrogens is 356 g/mol. The van der Waals surface area contributed by atoms with Gasteiger partial charge in [0, 0.05) is 6.20 Å². The maximum Gasteiger partial charge on any atom is 0.230 e. The zero-order valence-corrected chi connectivity index (χ0v) is 15.7. The number of methoxy groups -OCH3 is 1. The lowest BCUT2D eigenvalue weighted by atomic mass is 9.95. The van der Waals surface area contributed by atoms with E-state index in [4.69, 9.17) is 13.9 Å². The molecule has 6 nitrogen and oxygen atoms in total. The highest BCUT2D eigenvalue weighted by atomic mass is 16.5. The van der Waals surface area contributed by atoms with Gasteiger partial charge in [-0.05, 0) is 42.3 Å². The van der Waals surface area contributed by atoms with Gasteiger partial charge in [0.1, 0.15) is 12.4 Å². The molecule has 1 aliphatic rings. The van der Waals surface area contributed by atoms with Crippen molar-refractivity contribution in [2.24, 2.45) is 5.92 Å². The zero-order chi connectivity index (χ0) is 19.3. The maximum atomic E-state index is 13.3. The van der Waals surface area contributed by atoms with Crippen LogP contribution in [0.5, 0.6) is 11.5 Å². The molecule has 0 fully saturated rings. The summed E-state index contributed by atoms with van der Waals surface area (Å²) in [5.41, 5.74) is 1.82. The van der Waals surface area contributed by atoms with Crippen LogP contribution >= 0.6 is 0 Å². The first-order valence-corrected chi connectivity index (χ1v) is 9.24. The van der Waals surface area contributed by atoms with Crippen molar-refractivity contribution >= 4 is 5.91 Å². The van der Waals surface area contributed by atoms with Crippen LogP contribution in [0.1, 0.15) is 17.0 Å². The molecule has 144 valence electrons. The summed E-state index contributed by atoms with van der Waals surface area (Å²) in [6, 6.07) is 15.2. The van der Waals surface area contributed by atoms with Gasteiger partial charge in [-0.25, -0.2) is 0 Å². The number of para-hydroxylation sites is 1. The van der Waals surface area contributed by atoms with Crippen molar-refractivity contribution in [3.63, 3.8) is 0 Å². The van der Waals surface area contributed by atoms with Gasteiger partial charge in [-0.1, -0.05) is 18.2 Å². The minimum atomic E-state index is -0.265. The first-order chi connectivity index (χ1) is 13.7. The second-order valence-corrected chi connectivity index (χ2v) is 6.76. The molecule has 3 heterocycles. The molecule has 0 saturated heterocycles. The van der Waals surface area contributed by atoms with Gasteiger partial charge in [-0.3, -0.25) is 9.78 Å². The van der Waals surface area contributed by atoms with Crippen LogP contribution in [0.2, 0.25) is 0 Å². The van der Waals surface area contributed by atoms with E-state index in [9.17, 15) is 4.79 Å². The van der Waals surface area contributed by atoms with Crippen LogP contribution in [0.15, 0.2) is 65.4 Å². The molecule has 0 bridgehead atoms. The van der Waals surface area contributed by atoms with Crippen LogP contribution in [0.4, 0.5) is 0 Å². The first-order valence-electron chi connectivity index (χ1n) is 9.24. The summed E-state index contributed by atoms with van der Waals surface area (Å²) in [4.78, 5) is 19.5. The summed E-state index contributed by atoms with van der Waals surface area (Å²) in [5, 5.41) is 0. The Morgan fingerprint density at radius 1 is 1.18 bits per heavy atom. The highest BCUT2D eigenvalue weighted by Crippen LogP contribution is 2.36. The Hall–Kier alpha value is -3.28. The van der Waals surface area contributed by atoms with Crippen LogP contribution in [0.25, 0.3) is 0 Å². The third kappa shape index (κ3) is 3.86. The predicted octanol–water partition coefficient (Wildman–Crippen LogP) is 3.46. The molecule has 1 aliphatic heterocycles. The molecule has 0 saturated carbocycles. The topological polar surface area (TPSA) is 64.8 Å². The molecular formula is C22H22N2O4. The molecule has 1 aromatic carbocycles. The first kappa shape index (κ1) is 18.1. The minimum absolute atomic E-state index is 0.0236. The van der Waals surface area contributed by atoms with Gasteiger partial charge >= 0.3 is 0 Å². The number of furan rings is 1. The average Bonchev–Trinajstić information content (AvgIpc) is 3.26. The highest BCUT2D eigenvalue weighted by Gasteiger charge is 2.31. The third-order valence-electron chi connectivity index (χ3n) is 4.84. The number of amides is 1. The van der Waals surface area contributed by atoms with Crippen molar-refractivity contribution in [1.82, 2.24) is 9.88 Å². The number of nitrogens with zero attached hydrogens (tertiary/aromatic N) is 2. The fourth-order valence-electron chi connectivity index (χ4n) is 3.46. The summed E-state index contributed by atoms with van der Waals surface area (Å²) < 4.78 is 16.7. The lowest BCUT2D eigenvalue weighted by molar-refractivity contribution is -0.138. The second kappa shape index (κ2) is 8.17. The normalized spacial score (nSPS) is 15.4. The average molecular weight is 378 g/mol. The SMILES string of the molecule is COc1cccc2c1OCC(C(=O)N(Cc1ccccn1)Cc1ccco1)C2. The molecule has 3 aromatic rings. The Labute approximate surface area is 163 Å². The van der Waals surface area contributed by atoms with E-state index in [-0.39, 0.29) is 11.8 Å². The van der Waals surface area contributed by atoms with Crippen LogP contribution in [-0.2, 0) is 24.3 Å². The van der Waals surface area contributed by atoms with Crippen molar-refractivity contribution < 1.29 is 18.7 Å². The summed E-state index contributed by atoms with van der Waals surface area (Å²) in [6.45, 7) is 1.13. The molecule has 1 unspecified atom stereocenters. The largest absolute Gasteiger partial charge is 0.493 e. The van der Waals surface area contributed by atoms with Crippen molar-refractivity contribution in [1.29, 1.82) is 0 Å². The Morgan fingerprint density at radius 2 is 2.11 bits per heavy atom. The van der Waals surface area contributed by atoms with Gasteiger partial charge in [0.15, 0.2) is 11.5 Å². The molecule has 0 aliphatic carbocycles. The fraction of sp³-hybridized carbons (Fsp3) is 0.273. The number of hydrogen-bond acceptors (Lipinski definition) is 5. The Morgan fingerprint density at radius 3 is 2.86 bits per heavy atom. The van der Waals surface area contributed by atoms with Gasteiger partial charge in [0.25, 0.3) is 0 Å². The van der Waals surface area contributed by atoms with E-state index >= 15 is 0 Å². The maximum absolute atomic E-state index is 13.3. The summed E-state index contributed by atoms with van der Waals surface area (Å²) >= 11 is 0. The summed E-state index contributed by atoms with van der Waals surface area (Å²) in [7, 11) is 1.62. The van der Waals surface area contributed by atoms with Gasteiger partial charge in [0.2, 0.25) is 5.91 Å². The van der Waals surface area contributed by atoms with Crippen molar-refractivity contribution in [3.05, 3.63) is 78.0 Å². The number of pyridine rings is 1. The van der Waals surface area contributed by atoms with E-state index in [1.54, 1.807) is 24.5 Å². The van der Waals surface area contributed by atoms with Gasteiger partial charge in [-0.15, -0.1) is 0 Å². The van der Waals surface area contributed by atoms with Crippen LogP contribution in [0, 0.1) is 5.92 Å². The van der Waals surface area contributed by atoms with E-state index in [1.165, 1.54) is 0 Å². The number of carbonyl (C=O) groups is 1. The van der Waals surface area contributed by atoms with Gasteiger partial charge in [0.05, 0.1) is 38.1 Å².